The third-order valence-electron chi connectivity index (χ3n) is 2.64. The summed E-state index contributed by atoms with van der Waals surface area (Å²) in [5.41, 5.74) is 2.56. The zero-order chi connectivity index (χ0) is 11.8. The van der Waals surface area contributed by atoms with Crippen LogP contribution in [0.25, 0.3) is 6.08 Å². The van der Waals surface area contributed by atoms with E-state index in [9.17, 15) is 0 Å². The Bertz CT molecular complexity index is 345. The first-order valence-electron chi connectivity index (χ1n) is 5.78. The molecule has 0 radical (unpaired) electrons. The molecule has 0 fully saturated rings. The third kappa shape index (κ3) is 4.50. The molecule has 0 aromatic heterocycles. The number of rotatable bonds is 6. The Morgan fingerprint density at radius 2 is 2.06 bits per heavy atom. The topological polar surface area (TPSA) is 20.2 Å². The van der Waals surface area contributed by atoms with Crippen LogP contribution >= 0.6 is 15.9 Å². The van der Waals surface area contributed by atoms with Crippen LogP contribution in [0.1, 0.15) is 36.8 Å². The first kappa shape index (κ1) is 13.5. The molecular formula is C14H19BrO. The van der Waals surface area contributed by atoms with Crippen molar-refractivity contribution < 1.29 is 5.11 Å². The molecular weight excluding hydrogens is 264 g/mol. The normalized spacial score (nSPS) is 11.2. The molecule has 1 aromatic rings. The maximum Gasteiger partial charge on any atom is 0.0431 e. The first-order chi connectivity index (χ1) is 7.75. The predicted molar refractivity (Wildman–Crippen MR) is 73.5 cm³/mol. The monoisotopic (exact) mass is 282 g/mol. The average molecular weight is 283 g/mol. The van der Waals surface area contributed by atoms with Gasteiger partial charge in [-0.25, -0.2) is 0 Å². The van der Waals surface area contributed by atoms with Gasteiger partial charge in [0.1, 0.15) is 0 Å². The summed E-state index contributed by atoms with van der Waals surface area (Å²) in [6.45, 7) is 2.43. The number of aliphatic hydroxyl groups is 1. The lowest BCUT2D eigenvalue weighted by molar-refractivity contribution is 0.283. The molecule has 0 aliphatic rings. The summed E-state index contributed by atoms with van der Waals surface area (Å²) in [6, 6.07) is 6.25. The lowest BCUT2D eigenvalue weighted by atomic mass is 10.1. The summed E-state index contributed by atoms with van der Waals surface area (Å²) < 4.78 is 1.16. The van der Waals surface area contributed by atoms with Gasteiger partial charge in [0, 0.05) is 11.1 Å². The smallest absolute Gasteiger partial charge is 0.0431 e. The Morgan fingerprint density at radius 1 is 1.25 bits per heavy atom. The fourth-order valence-electron chi connectivity index (χ4n) is 1.57. The second kappa shape index (κ2) is 7.64. The molecule has 16 heavy (non-hydrogen) atoms. The Labute approximate surface area is 106 Å². The lowest BCUT2D eigenvalue weighted by Gasteiger charge is -2.02. The molecule has 2 heteroatoms. The van der Waals surface area contributed by atoms with Crippen LogP contribution < -0.4 is 0 Å². The van der Waals surface area contributed by atoms with Crippen molar-refractivity contribution >= 4 is 22.0 Å². The summed E-state index contributed by atoms with van der Waals surface area (Å²) in [7, 11) is 0. The van der Waals surface area contributed by atoms with Crippen LogP contribution in [0.2, 0.25) is 0 Å². The molecule has 88 valence electrons. The van der Waals surface area contributed by atoms with Crippen molar-refractivity contribution in [3.05, 3.63) is 39.9 Å². The van der Waals surface area contributed by atoms with Crippen molar-refractivity contribution in [3.63, 3.8) is 0 Å². The molecule has 0 aliphatic carbocycles. The summed E-state index contributed by atoms with van der Waals surface area (Å²) in [5, 5.41) is 8.64. The highest BCUT2D eigenvalue weighted by Gasteiger charge is 1.97. The minimum absolute atomic E-state index is 0.314. The van der Waals surface area contributed by atoms with E-state index in [-0.39, 0.29) is 0 Å². The van der Waals surface area contributed by atoms with Gasteiger partial charge in [-0.15, -0.1) is 0 Å². The van der Waals surface area contributed by atoms with Gasteiger partial charge < -0.3 is 5.11 Å². The Kier molecular flexibility index (Phi) is 6.43. The number of benzene rings is 1. The van der Waals surface area contributed by atoms with E-state index in [0.717, 1.165) is 30.2 Å². The quantitative estimate of drug-likeness (QED) is 0.771. The van der Waals surface area contributed by atoms with E-state index >= 15 is 0 Å². The lowest BCUT2D eigenvalue weighted by Crippen LogP contribution is -1.83. The standard InChI is InChI=1S/C14H19BrO/c1-12-13(9-7-10-14(12)15)8-5-3-2-4-6-11-16/h5,7-10,16H,2-4,6,11H2,1H3/b8-5+. The summed E-state index contributed by atoms with van der Waals surface area (Å²) in [4.78, 5) is 0. The van der Waals surface area contributed by atoms with E-state index in [4.69, 9.17) is 5.11 Å². The number of halogens is 1. The van der Waals surface area contributed by atoms with Crippen molar-refractivity contribution in [2.75, 3.05) is 6.61 Å². The van der Waals surface area contributed by atoms with Gasteiger partial charge in [-0.1, -0.05) is 46.6 Å². The van der Waals surface area contributed by atoms with Crippen LogP contribution in [0.15, 0.2) is 28.7 Å². The van der Waals surface area contributed by atoms with Crippen molar-refractivity contribution in [1.82, 2.24) is 0 Å². The fourth-order valence-corrected chi connectivity index (χ4v) is 1.95. The second-order valence-electron chi connectivity index (χ2n) is 3.93. The molecule has 0 amide bonds. The molecule has 0 aliphatic heterocycles. The van der Waals surface area contributed by atoms with Gasteiger partial charge in [0.25, 0.3) is 0 Å². The van der Waals surface area contributed by atoms with Gasteiger partial charge in [0.2, 0.25) is 0 Å². The van der Waals surface area contributed by atoms with Gasteiger partial charge in [-0.3, -0.25) is 0 Å². The number of aliphatic hydroxyl groups excluding tert-OH is 1. The van der Waals surface area contributed by atoms with E-state index < -0.39 is 0 Å². The molecule has 1 nitrogen and oxygen atoms in total. The highest BCUT2D eigenvalue weighted by Crippen LogP contribution is 2.20. The van der Waals surface area contributed by atoms with Gasteiger partial charge in [0.05, 0.1) is 0 Å². The maximum atomic E-state index is 8.64. The Morgan fingerprint density at radius 3 is 2.81 bits per heavy atom. The van der Waals surface area contributed by atoms with Crippen LogP contribution in [0.5, 0.6) is 0 Å². The molecule has 0 unspecified atom stereocenters. The molecule has 1 N–H and O–H groups in total. The van der Waals surface area contributed by atoms with E-state index in [1.165, 1.54) is 11.1 Å². The maximum absolute atomic E-state index is 8.64. The number of allylic oxidation sites excluding steroid dienone is 1. The fraction of sp³-hybridized carbons (Fsp3) is 0.429. The van der Waals surface area contributed by atoms with Crippen LogP contribution in [0.4, 0.5) is 0 Å². The van der Waals surface area contributed by atoms with Crippen molar-refractivity contribution in [2.45, 2.75) is 32.6 Å². The van der Waals surface area contributed by atoms with Crippen molar-refractivity contribution in [3.8, 4) is 0 Å². The molecule has 0 saturated carbocycles. The van der Waals surface area contributed by atoms with E-state index in [1.807, 2.05) is 0 Å². The SMILES string of the molecule is Cc1c(Br)cccc1/C=C/CCCCCO. The molecule has 0 saturated heterocycles. The van der Waals surface area contributed by atoms with Gasteiger partial charge in [0.15, 0.2) is 0 Å². The summed E-state index contributed by atoms with van der Waals surface area (Å²) >= 11 is 3.53. The van der Waals surface area contributed by atoms with Gasteiger partial charge in [-0.2, -0.15) is 0 Å². The van der Waals surface area contributed by atoms with Crippen LogP contribution in [0, 0.1) is 6.92 Å². The third-order valence-corrected chi connectivity index (χ3v) is 3.49. The molecule has 0 heterocycles. The van der Waals surface area contributed by atoms with Crippen molar-refractivity contribution in [1.29, 1.82) is 0 Å². The second-order valence-corrected chi connectivity index (χ2v) is 4.78. The Hall–Kier alpha value is -0.600. The number of unbranched alkanes of at least 4 members (excludes halogenated alkanes) is 3. The van der Waals surface area contributed by atoms with Crippen LogP contribution in [-0.2, 0) is 0 Å². The largest absolute Gasteiger partial charge is 0.396 e. The summed E-state index contributed by atoms with van der Waals surface area (Å²) in [6.07, 6.45) is 8.67. The highest BCUT2D eigenvalue weighted by molar-refractivity contribution is 9.10. The predicted octanol–water partition coefficient (Wildman–Crippen LogP) is 4.32. The van der Waals surface area contributed by atoms with Crippen LogP contribution in [-0.4, -0.2) is 11.7 Å². The first-order valence-corrected chi connectivity index (χ1v) is 6.57. The zero-order valence-corrected chi connectivity index (χ0v) is 11.3. The van der Waals surface area contributed by atoms with E-state index in [0.29, 0.717) is 6.61 Å². The minimum atomic E-state index is 0.314. The van der Waals surface area contributed by atoms with Crippen LogP contribution in [0.3, 0.4) is 0 Å². The highest BCUT2D eigenvalue weighted by atomic mass is 79.9. The molecule has 1 aromatic carbocycles. The molecule has 0 spiro atoms. The average Bonchev–Trinajstić information content (AvgIpc) is 2.29. The zero-order valence-electron chi connectivity index (χ0n) is 9.75. The molecule has 1 rings (SSSR count). The Balaban J connectivity index is 2.41. The number of hydrogen-bond acceptors (Lipinski definition) is 1. The van der Waals surface area contributed by atoms with Crippen molar-refractivity contribution in [2.24, 2.45) is 0 Å². The van der Waals surface area contributed by atoms with E-state index in [2.05, 4.69) is 53.2 Å². The molecule has 0 bridgehead atoms. The van der Waals surface area contributed by atoms with E-state index in [1.54, 1.807) is 0 Å². The minimum Gasteiger partial charge on any atom is -0.396 e. The summed E-state index contributed by atoms with van der Waals surface area (Å²) in [5.74, 6) is 0. The van der Waals surface area contributed by atoms with Gasteiger partial charge in [-0.05, 0) is 43.4 Å². The van der Waals surface area contributed by atoms with Gasteiger partial charge >= 0.3 is 0 Å². The molecule has 0 atom stereocenters. The number of hydrogen-bond donors (Lipinski definition) is 1.